The Morgan fingerprint density at radius 1 is 1.17 bits per heavy atom. The van der Waals surface area contributed by atoms with Crippen molar-refractivity contribution in [2.45, 2.75) is 0 Å². The standard InChI is InChI=1S/C16H15FN6O/c1-23-16(20-21-22-23)11-4-2-6-13(8-11)18-10-15(24)19-14-7-3-5-12(17)9-14/h2-9,18H,10H2,1H3,(H,19,24). The van der Waals surface area contributed by atoms with Gasteiger partial charge in [-0.1, -0.05) is 18.2 Å². The van der Waals surface area contributed by atoms with Crippen molar-refractivity contribution in [3.8, 4) is 11.4 Å². The molecule has 3 aromatic rings. The van der Waals surface area contributed by atoms with E-state index in [1.54, 1.807) is 17.8 Å². The highest BCUT2D eigenvalue weighted by atomic mass is 19.1. The fourth-order valence-electron chi connectivity index (χ4n) is 2.20. The van der Waals surface area contributed by atoms with Crippen molar-refractivity contribution in [2.75, 3.05) is 17.2 Å². The van der Waals surface area contributed by atoms with Crippen molar-refractivity contribution in [3.63, 3.8) is 0 Å². The smallest absolute Gasteiger partial charge is 0.243 e. The number of amides is 1. The maximum absolute atomic E-state index is 13.1. The number of aryl methyl sites for hydroxylation is 1. The molecule has 1 heterocycles. The Labute approximate surface area is 137 Å². The van der Waals surface area contributed by atoms with Crippen molar-refractivity contribution in [3.05, 3.63) is 54.3 Å². The molecule has 0 saturated heterocycles. The van der Waals surface area contributed by atoms with E-state index in [0.717, 1.165) is 11.3 Å². The molecule has 0 unspecified atom stereocenters. The molecular weight excluding hydrogens is 311 g/mol. The van der Waals surface area contributed by atoms with Crippen molar-refractivity contribution < 1.29 is 9.18 Å². The van der Waals surface area contributed by atoms with Crippen LogP contribution < -0.4 is 10.6 Å². The van der Waals surface area contributed by atoms with Gasteiger partial charge in [-0.05, 0) is 40.8 Å². The van der Waals surface area contributed by atoms with Crippen molar-refractivity contribution in [2.24, 2.45) is 7.05 Å². The van der Waals surface area contributed by atoms with Gasteiger partial charge in [-0.15, -0.1) is 5.10 Å². The van der Waals surface area contributed by atoms with Crippen LogP contribution >= 0.6 is 0 Å². The quantitative estimate of drug-likeness (QED) is 0.750. The molecule has 0 saturated carbocycles. The number of hydrogen-bond donors (Lipinski definition) is 2. The third-order valence-corrected chi connectivity index (χ3v) is 3.30. The van der Waals surface area contributed by atoms with Crippen LogP contribution in [0.4, 0.5) is 15.8 Å². The second-order valence-electron chi connectivity index (χ2n) is 5.12. The van der Waals surface area contributed by atoms with E-state index in [1.165, 1.54) is 18.2 Å². The summed E-state index contributed by atoms with van der Waals surface area (Å²) in [7, 11) is 1.75. The predicted octanol–water partition coefficient (Wildman–Crippen LogP) is 2.07. The highest BCUT2D eigenvalue weighted by molar-refractivity contribution is 5.93. The highest BCUT2D eigenvalue weighted by Gasteiger charge is 2.07. The number of tetrazole rings is 1. The molecule has 122 valence electrons. The molecule has 2 aromatic carbocycles. The van der Waals surface area contributed by atoms with E-state index in [4.69, 9.17) is 0 Å². The summed E-state index contributed by atoms with van der Waals surface area (Å²) in [5, 5.41) is 17.0. The fraction of sp³-hybridized carbons (Fsp3) is 0.125. The molecule has 0 fully saturated rings. The summed E-state index contributed by atoms with van der Waals surface area (Å²) in [4.78, 5) is 11.9. The summed E-state index contributed by atoms with van der Waals surface area (Å²) >= 11 is 0. The van der Waals surface area contributed by atoms with E-state index in [1.807, 2.05) is 24.3 Å². The molecular formula is C16H15FN6O. The fourth-order valence-corrected chi connectivity index (χ4v) is 2.20. The second-order valence-corrected chi connectivity index (χ2v) is 5.12. The molecule has 0 aliphatic carbocycles. The SMILES string of the molecule is Cn1nnnc1-c1cccc(NCC(=O)Nc2cccc(F)c2)c1. The molecule has 24 heavy (non-hydrogen) atoms. The molecule has 0 aliphatic heterocycles. The van der Waals surface area contributed by atoms with Crippen molar-refractivity contribution in [1.82, 2.24) is 20.2 Å². The molecule has 7 nitrogen and oxygen atoms in total. The van der Waals surface area contributed by atoms with Crippen LogP contribution in [0.15, 0.2) is 48.5 Å². The number of nitrogens with one attached hydrogen (secondary N) is 2. The third-order valence-electron chi connectivity index (χ3n) is 3.30. The van der Waals surface area contributed by atoms with Crippen LogP contribution in [-0.2, 0) is 11.8 Å². The molecule has 3 rings (SSSR count). The molecule has 0 bridgehead atoms. The highest BCUT2D eigenvalue weighted by Crippen LogP contribution is 2.19. The largest absolute Gasteiger partial charge is 0.376 e. The Morgan fingerprint density at radius 3 is 2.71 bits per heavy atom. The number of aromatic nitrogens is 4. The van der Waals surface area contributed by atoms with Gasteiger partial charge in [0.15, 0.2) is 5.82 Å². The number of benzene rings is 2. The molecule has 0 atom stereocenters. The van der Waals surface area contributed by atoms with Crippen LogP contribution in [0.3, 0.4) is 0 Å². The Morgan fingerprint density at radius 2 is 1.96 bits per heavy atom. The molecule has 0 spiro atoms. The zero-order valence-corrected chi connectivity index (χ0v) is 12.9. The van der Waals surface area contributed by atoms with Gasteiger partial charge in [0.1, 0.15) is 5.82 Å². The van der Waals surface area contributed by atoms with Gasteiger partial charge in [-0.2, -0.15) is 0 Å². The normalized spacial score (nSPS) is 10.4. The van der Waals surface area contributed by atoms with Crippen LogP contribution in [0, 0.1) is 5.82 Å². The minimum atomic E-state index is -0.397. The molecule has 8 heteroatoms. The Bertz CT molecular complexity index is 863. The van der Waals surface area contributed by atoms with Gasteiger partial charge < -0.3 is 10.6 Å². The summed E-state index contributed by atoms with van der Waals surface area (Å²) in [6, 6.07) is 13.2. The summed E-state index contributed by atoms with van der Waals surface area (Å²) in [5.74, 6) is -0.0417. The van der Waals surface area contributed by atoms with Crippen LogP contribution in [0.2, 0.25) is 0 Å². The first-order valence-corrected chi connectivity index (χ1v) is 7.24. The van der Waals surface area contributed by atoms with Crippen molar-refractivity contribution >= 4 is 17.3 Å². The molecule has 1 aromatic heterocycles. The summed E-state index contributed by atoms with van der Waals surface area (Å²) in [5.41, 5.74) is 2.00. The first-order valence-electron chi connectivity index (χ1n) is 7.24. The summed E-state index contributed by atoms with van der Waals surface area (Å²) in [6.45, 7) is 0.0526. The van der Waals surface area contributed by atoms with E-state index in [-0.39, 0.29) is 12.5 Å². The van der Waals surface area contributed by atoms with Gasteiger partial charge in [0.2, 0.25) is 5.91 Å². The Hall–Kier alpha value is -3.29. The average Bonchev–Trinajstić information content (AvgIpc) is 2.99. The summed E-state index contributed by atoms with van der Waals surface area (Å²) < 4.78 is 14.7. The van der Waals surface area contributed by atoms with Gasteiger partial charge in [0.25, 0.3) is 0 Å². The number of rotatable bonds is 5. The third kappa shape index (κ3) is 3.72. The number of nitrogens with zero attached hydrogens (tertiary/aromatic N) is 4. The van der Waals surface area contributed by atoms with E-state index in [2.05, 4.69) is 26.2 Å². The van der Waals surface area contributed by atoms with E-state index < -0.39 is 5.82 Å². The molecule has 0 radical (unpaired) electrons. The maximum atomic E-state index is 13.1. The number of hydrogen-bond acceptors (Lipinski definition) is 5. The topological polar surface area (TPSA) is 84.7 Å². The number of halogens is 1. The lowest BCUT2D eigenvalue weighted by Crippen LogP contribution is -2.21. The first kappa shape index (κ1) is 15.6. The van der Waals surface area contributed by atoms with Crippen molar-refractivity contribution in [1.29, 1.82) is 0 Å². The Kier molecular flexibility index (Phi) is 4.46. The lowest BCUT2D eigenvalue weighted by atomic mass is 10.2. The van der Waals surface area contributed by atoms with Crippen LogP contribution in [-0.4, -0.2) is 32.7 Å². The molecule has 2 N–H and O–H groups in total. The minimum absolute atomic E-state index is 0.0526. The zero-order valence-electron chi connectivity index (χ0n) is 12.9. The maximum Gasteiger partial charge on any atom is 0.243 e. The number of anilines is 2. The van der Waals surface area contributed by atoms with E-state index in [0.29, 0.717) is 11.5 Å². The van der Waals surface area contributed by atoms with E-state index in [9.17, 15) is 9.18 Å². The van der Waals surface area contributed by atoms with Gasteiger partial charge >= 0.3 is 0 Å². The lowest BCUT2D eigenvalue weighted by Gasteiger charge is -2.09. The second kappa shape index (κ2) is 6.86. The van der Waals surface area contributed by atoms with E-state index >= 15 is 0 Å². The zero-order chi connectivity index (χ0) is 16.9. The molecule has 1 amide bonds. The monoisotopic (exact) mass is 326 g/mol. The van der Waals surface area contributed by atoms with Gasteiger partial charge in [0.05, 0.1) is 6.54 Å². The van der Waals surface area contributed by atoms with Gasteiger partial charge in [-0.3, -0.25) is 4.79 Å². The average molecular weight is 326 g/mol. The number of carbonyl (C=O) groups excluding carboxylic acids is 1. The van der Waals surface area contributed by atoms with Gasteiger partial charge in [-0.25, -0.2) is 9.07 Å². The van der Waals surface area contributed by atoms with Crippen LogP contribution in [0.25, 0.3) is 11.4 Å². The first-order chi connectivity index (χ1) is 11.6. The van der Waals surface area contributed by atoms with Crippen LogP contribution in [0.1, 0.15) is 0 Å². The lowest BCUT2D eigenvalue weighted by molar-refractivity contribution is -0.114. The Balaban J connectivity index is 1.62. The summed E-state index contributed by atoms with van der Waals surface area (Å²) in [6.07, 6.45) is 0. The predicted molar refractivity (Wildman–Crippen MR) is 87.8 cm³/mol. The van der Waals surface area contributed by atoms with Crippen LogP contribution in [0.5, 0.6) is 0 Å². The minimum Gasteiger partial charge on any atom is -0.376 e. The number of carbonyl (C=O) groups is 1. The van der Waals surface area contributed by atoms with Gasteiger partial charge in [0, 0.05) is 24.0 Å². The molecule has 0 aliphatic rings.